The number of carbonyl (C=O) groups excluding carboxylic acids is 1. The SMILES string of the molecule is CCOC(=O)C[C@@H]1[C@@H](C#N)N(Cc2ccccc2)[C@H]1c1ccccc1. The predicted octanol–water partition coefficient (Wildman–Crippen LogP) is 3.71. The van der Waals surface area contributed by atoms with Gasteiger partial charge in [-0.15, -0.1) is 0 Å². The number of carbonyl (C=O) groups is 1. The number of esters is 1. The highest BCUT2D eigenvalue weighted by Crippen LogP contribution is 2.46. The fourth-order valence-electron chi connectivity index (χ4n) is 3.62. The zero-order valence-electron chi connectivity index (χ0n) is 14.3. The Morgan fingerprint density at radius 1 is 1.12 bits per heavy atom. The quantitative estimate of drug-likeness (QED) is 0.756. The Bertz CT molecular complexity index is 739. The van der Waals surface area contributed by atoms with E-state index < -0.39 is 0 Å². The van der Waals surface area contributed by atoms with Crippen molar-refractivity contribution >= 4 is 5.97 Å². The predicted molar refractivity (Wildman–Crippen MR) is 95.3 cm³/mol. The van der Waals surface area contributed by atoms with Crippen molar-refractivity contribution in [2.24, 2.45) is 5.92 Å². The Balaban J connectivity index is 1.85. The van der Waals surface area contributed by atoms with Gasteiger partial charge in [0.1, 0.15) is 6.04 Å². The smallest absolute Gasteiger partial charge is 0.306 e. The van der Waals surface area contributed by atoms with E-state index in [2.05, 4.69) is 35.2 Å². The first kappa shape index (κ1) is 17.2. The van der Waals surface area contributed by atoms with Crippen molar-refractivity contribution in [3.63, 3.8) is 0 Å². The van der Waals surface area contributed by atoms with Crippen molar-refractivity contribution in [2.45, 2.75) is 32.0 Å². The van der Waals surface area contributed by atoms with Gasteiger partial charge in [0.25, 0.3) is 0 Å². The highest BCUT2D eigenvalue weighted by molar-refractivity contribution is 5.70. The fourth-order valence-corrected chi connectivity index (χ4v) is 3.62. The minimum absolute atomic E-state index is 0.0461. The molecular formula is C21H22N2O2. The molecule has 4 heteroatoms. The molecule has 1 aliphatic heterocycles. The third kappa shape index (κ3) is 3.72. The Kier molecular flexibility index (Phi) is 5.47. The van der Waals surface area contributed by atoms with Crippen molar-refractivity contribution in [1.29, 1.82) is 5.26 Å². The van der Waals surface area contributed by atoms with Crippen LogP contribution in [0.1, 0.15) is 30.5 Å². The van der Waals surface area contributed by atoms with E-state index in [9.17, 15) is 10.1 Å². The zero-order valence-corrected chi connectivity index (χ0v) is 14.3. The van der Waals surface area contributed by atoms with Gasteiger partial charge in [-0.05, 0) is 18.1 Å². The Hall–Kier alpha value is -2.64. The molecule has 3 atom stereocenters. The second-order valence-electron chi connectivity index (χ2n) is 6.26. The van der Waals surface area contributed by atoms with Crippen LogP contribution in [0.15, 0.2) is 60.7 Å². The lowest BCUT2D eigenvalue weighted by molar-refractivity contribution is -0.149. The summed E-state index contributed by atoms with van der Waals surface area (Å²) in [6.45, 7) is 2.86. The van der Waals surface area contributed by atoms with Crippen LogP contribution >= 0.6 is 0 Å². The van der Waals surface area contributed by atoms with E-state index in [1.54, 1.807) is 6.92 Å². The third-order valence-electron chi connectivity index (χ3n) is 4.71. The van der Waals surface area contributed by atoms with Gasteiger partial charge in [-0.2, -0.15) is 5.26 Å². The number of hydrogen-bond acceptors (Lipinski definition) is 4. The highest BCUT2D eigenvalue weighted by atomic mass is 16.5. The van der Waals surface area contributed by atoms with Gasteiger partial charge in [0.05, 0.1) is 19.1 Å². The van der Waals surface area contributed by atoms with Crippen molar-refractivity contribution in [3.8, 4) is 6.07 Å². The van der Waals surface area contributed by atoms with E-state index in [1.165, 1.54) is 5.56 Å². The molecule has 0 unspecified atom stereocenters. The Labute approximate surface area is 148 Å². The van der Waals surface area contributed by atoms with Crippen LogP contribution in [0.5, 0.6) is 0 Å². The number of rotatable bonds is 6. The average Bonchev–Trinajstić information content (AvgIpc) is 2.63. The Morgan fingerprint density at radius 2 is 1.76 bits per heavy atom. The number of likely N-dealkylation sites (tertiary alicyclic amines) is 1. The molecule has 0 spiro atoms. The molecule has 1 aliphatic rings. The van der Waals surface area contributed by atoms with Crippen molar-refractivity contribution in [2.75, 3.05) is 6.61 Å². The summed E-state index contributed by atoms with van der Waals surface area (Å²) >= 11 is 0. The Morgan fingerprint density at radius 3 is 2.36 bits per heavy atom. The summed E-state index contributed by atoms with van der Waals surface area (Å²) in [6.07, 6.45) is 0.275. The molecule has 0 aliphatic carbocycles. The maximum absolute atomic E-state index is 12.0. The van der Waals surface area contributed by atoms with Crippen molar-refractivity contribution in [3.05, 3.63) is 71.8 Å². The van der Waals surface area contributed by atoms with Crippen molar-refractivity contribution < 1.29 is 9.53 Å². The second-order valence-corrected chi connectivity index (χ2v) is 6.26. The number of ether oxygens (including phenoxy) is 1. The van der Waals surface area contributed by atoms with Crippen LogP contribution in [0.25, 0.3) is 0 Å². The van der Waals surface area contributed by atoms with E-state index in [1.807, 2.05) is 36.4 Å². The molecule has 0 saturated carbocycles. The van der Waals surface area contributed by atoms with Gasteiger partial charge in [-0.1, -0.05) is 60.7 Å². The summed E-state index contributed by atoms with van der Waals surface area (Å²) in [6, 6.07) is 22.4. The minimum atomic E-state index is -0.283. The molecule has 0 bridgehead atoms. The molecule has 1 saturated heterocycles. The van der Waals surface area contributed by atoms with Crippen molar-refractivity contribution in [1.82, 2.24) is 4.90 Å². The van der Waals surface area contributed by atoms with Gasteiger partial charge in [0.15, 0.2) is 0 Å². The molecule has 0 amide bonds. The van der Waals surface area contributed by atoms with E-state index in [0.29, 0.717) is 13.2 Å². The maximum atomic E-state index is 12.0. The lowest BCUT2D eigenvalue weighted by Crippen LogP contribution is -2.57. The molecule has 1 fully saturated rings. The van der Waals surface area contributed by atoms with Gasteiger partial charge < -0.3 is 4.74 Å². The molecule has 2 aromatic carbocycles. The van der Waals surface area contributed by atoms with Gasteiger partial charge in [0, 0.05) is 18.5 Å². The third-order valence-corrected chi connectivity index (χ3v) is 4.71. The van der Waals surface area contributed by atoms with Crippen LogP contribution in [-0.4, -0.2) is 23.5 Å². The number of benzene rings is 2. The van der Waals surface area contributed by atoms with Gasteiger partial charge >= 0.3 is 5.97 Å². The number of nitrogens with zero attached hydrogens (tertiary/aromatic N) is 2. The topological polar surface area (TPSA) is 53.3 Å². The summed E-state index contributed by atoms with van der Waals surface area (Å²) < 4.78 is 5.11. The molecule has 128 valence electrons. The summed E-state index contributed by atoms with van der Waals surface area (Å²) in [4.78, 5) is 14.2. The zero-order chi connectivity index (χ0) is 17.6. The summed E-state index contributed by atoms with van der Waals surface area (Å²) in [5.41, 5.74) is 2.30. The van der Waals surface area contributed by atoms with E-state index in [-0.39, 0.29) is 30.4 Å². The summed E-state index contributed by atoms with van der Waals surface area (Å²) in [5, 5.41) is 9.67. The monoisotopic (exact) mass is 334 g/mol. The van der Waals surface area contributed by atoms with Gasteiger partial charge in [-0.25, -0.2) is 0 Å². The number of hydrogen-bond donors (Lipinski definition) is 0. The van der Waals surface area contributed by atoms with Crippen LogP contribution in [-0.2, 0) is 16.1 Å². The van der Waals surface area contributed by atoms with E-state index in [4.69, 9.17) is 4.74 Å². The van der Waals surface area contributed by atoms with E-state index >= 15 is 0 Å². The molecular weight excluding hydrogens is 312 g/mol. The maximum Gasteiger partial charge on any atom is 0.306 e. The first-order valence-corrected chi connectivity index (χ1v) is 8.64. The van der Waals surface area contributed by atoms with E-state index in [0.717, 1.165) is 5.56 Å². The molecule has 1 heterocycles. The molecule has 25 heavy (non-hydrogen) atoms. The first-order valence-electron chi connectivity index (χ1n) is 8.64. The van der Waals surface area contributed by atoms with Gasteiger partial charge in [-0.3, -0.25) is 9.69 Å². The molecule has 2 aromatic rings. The van der Waals surface area contributed by atoms with Gasteiger partial charge in [0.2, 0.25) is 0 Å². The van der Waals surface area contributed by atoms with Crippen LogP contribution in [0.2, 0.25) is 0 Å². The molecule has 0 radical (unpaired) electrons. The summed E-state index contributed by atoms with van der Waals surface area (Å²) in [5.74, 6) is -0.275. The normalized spacial score (nSPS) is 22.6. The average molecular weight is 334 g/mol. The van der Waals surface area contributed by atoms with Crippen LogP contribution in [0.4, 0.5) is 0 Å². The van der Waals surface area contributed by atoms with Crippen LogP contribution in [0, 0.1) is 17.2 Å². The highest BCUT2D eigenvalue weighted by Gasteiger charge is 2.50. The summed E-state index contributed by atoms with van der Waals surface area (Å²) in [7, 11) is 0. The lowest BCUT2D eigenvalue weighted by atomic mass is 9.74. The lowest BCUT2D eigenvalue weighted by Gasteiger charge is -2.52. The van der Waals surface area contributed by atoms with Crippen LogP contribution in [0.3, 0.4) is 0 Å². The fraction of sp³-hybridized carbons (Fsp3) is 0.333. The number of nitriles is 1. The molecule has 0 N–H and O–H groups in total. The minimum Gasteiger partial charge on any atom is -0.466 e. The largest absolute Gasteiger partial charge is 0.466 e. The van der Waals surface area contributed by atoms with Crippen LogP contribution < -0.4 is 0 Å². The standard InChI is InChI=1S/C21H22N2O2/c1-2-25-20(24)13-18-19(14-22)23(15-16-9-5-3-6-10-16)21(18)17-11-7-4-8-12-17/h3-12,18-19,21H,2,13,15H2,1H3/t18-,19-,21+/m1/s1. The molecule has 0 aromatic heterocycles. The second kappa shape index (κ2) is 7.96. The molecule has 3 rings (SSSR count). The first-order chi connectivity index (χ1) is 12.2. The molecule has 4 nitrogen and oxygen atoms in total.